The summed E-state index contributed by atoms with van der Waals surface area (Å²) in [6.45, 7) is 3.60. The van der Waals surface area contributed by atoms with Crippen LogP contribution >= 0.6 is 11.6 Å². The number of halogens is 1. The van der Waals surface area contributed by atoms with Gasteiger partial charge < -0.3 is 25.8 Å². The molecule has 29 heavy (non-hydrogen) atoms. The molecule has 0 aromatic heterocycles. The molecule has 2 aromatic rings. The first kappa shape index (κ1) is 18.6. The minimum absolute atomic E-state index is 0.0681. The standard InChI is InChI=1S/C23H26ClN3O2/c1-14-22(25)27-23(26-14)12-21(17-5-3-9-28-13-17)29-20-8-7-16(11-19(20)23)15-4-2-6-18(24)10-15/h2,4,6-8,10-11,17,21,26-27H,3,5,9,12-13,25H2,1H3/t17-,21-,23-/m1/s1. The highest BCUT2D eigenvalue weighted by Crippen LogP contribution is 2.45. The highest BCUT2D eigenvalue weighted by Gasteiger charge is 2.47. The zero-order chi connectivity index (χ0) is 20.0. The van der Waals surface area contributed by atoms with Gasteiger partial charge in [-0.2, -0.15) is 0 Å². The number of fused-ring (bicyclic) bond motifs is 2. The molecule has 6 heteroatoms. The van der Waals surface area contributed by atoms with Crippen molar-refractivity contribution in [2.45, 2.75) is 38.0 Å². The van der Waals surface area contributed by atoms with Gasteiger partial charge in [0.15, 0.2) is 0 Å². The predicted molar refractivity (Wildman–Crippen MR) is 114 cm³/mol. The predicted octanol–water partition coefficient (Wildman–Crippen LogP) is 4.08. The van der Waals surface area contributed by atoms with Crippen LogP contribution in [-0.2, 0) is 10.4 Å². The van der Waals surface area contributed by atoms with Crippen LogP contribution in [0, 0.1) is 5.92 Å². The lowest BCUT2D eigenvalue weighted by molar-refractivity contribution is -0.0224. The largest absolute Gasteiger partial charge is 0.489 e. The molecule has 0 radical (unpaired) electrons. The summed E-state index contributed by atoms with van der Waals surface area (Å²) in [5, 5.41) is 7.89. The monoisotopic (exact) mass is 411 g/mol. The van der Waals surface area contributed by atoms with Gasteiger partial charge in [0.2, 0.25) is 0 Å². The molecule has 5 nitrogen and oxygen atoms in total. The first-order valence-corrected chi connectivity index (χ1v) is 10.6. The minimum Gasteiger partial charge on any atom is -0.489 e. The summed E-state index contributed by atoms with van der Waals surface area (Å²) in [6, 6.07) is 14.2. The lowest BCUT2D eigenvalue weighted by Crippen LogP contribution is -2.55. The van der Waals surface area contributed by atoms with E-state index in [4.69, 9.17) is 26.8 Å². The number of nitrogens with one attached hydrogen (secondary N) is 2. The van der Waals surface area contributed by atoms with Crippen molar-refractivity contribution in [2.75, 3.05) is 13.2 Å². The topological polar surface area (TPSA) is 68.5 Å². The summed E-state index contributed by atoms with van der Waals surface area (Å²) in [5.74, 6) is 1.96. The van der Waals surface area contributed by atoms with Gasteiger partial charge >= 0.3 is 0 Å². The van der Waals surface area contributed by atoms with E-state index in [1.54, 1.807) is 0 Å². The van der Waals surface area contributed by atoms with Gasteiger partial charge in [-0.3, -0.25) is 0 Å². The van der Waals surface area contributed by atoms with Crippen LogP contribution < -0.4 is 21.1 Å². The first-order chi connectivity index (χ1) is 14.0. The Bertz CT molecular complexity index is 954. The van der Waals surface area contributed by atoms with Gasteiger partial charge in [-0.1, -0.05) is 29.8 Å². The van der Waals surface area contributed by atoms with Gasteiger partial charge in [-0.05, 0) is 55.2 Å². The second kappa shape index (κ2) is 7.15. The molecule has 1 fully saturated rings. The molecule has 1 saturated heterocycles. The molecule has 3 aliphatic rings. The lowest BCUT2D eigenvalue weighted by atomic mass is 9.82. The highest BCUT2D eigenvalue weighted by molar-refractivity contribution is 6.30. The van der Waals surface area contributed by atoms with Crippen molar-refractivity contribution in [2.24, 2.45) is 11.7 Å². The molecular formula is C23H26ClN3O2. The van der Waals surface area contributed by atoms with Crippen molar-refractivity contribution in [3.8, 4) is 16.9 Å². The van der Waals surface area contributed by atoms with Gasteiger partial charge in [0.05, 0.1) is 12.3 Å². The van der Waals surface area contributed by atoms with Gasteiger partial charge in [0.25, 0.3) is 0 Å². The summed E-state index contributed by atoms with van der Waals surface area (Å²) in [7, 11) is 0. The Labute approximate surface area is 176 Å². The molecule has 0 aliphatic carbocycles. The van der Waals surface area contributed by atoms with E-state index in [9.17, 15) is 0 Å². The summed E-state index contributed by atoms with van der Waals surface area (Å²) >= 11 is 6.22. The molecule has 152 valence electrons. The second-order valence-corrected chi connectivity index (χ2v) is 8.69. The van der Waals surface area contributed by atoms with Gasteiger partial charge in [-0.25, -0.2) is 0 Å². The van der Waals surface area contributed by atoms with E-state index in [0.717, 1.165) is 65.6 Å². The van der Waals surface area contributed by atoms with E-state index in [0.29, 0.717) is 11.7 Å². The van der Waals surface area contributed by atoms with Crippen LogP contribution in [0.4, 0.5) is 0 Å². The third kappa shape index (κ3) is 3.32. The fraction of sp³-hybridized carbons (Fsp3) is 0.391. The third-order valence-electron chi connectivity index (χ3n) is 6.26. The summed E-state index contributed by atoms with van der Waals surface area (Å²) < 4.78 is 12.2. The zero-order valence-corrected chi connectivity index (χ0v) is 17.3. The van der Waals surface area contributed by atoms with Crippen LogP contribution in [-0.4, -0.2) is 19.3 Å². The smallest absolute Gasteiger partial charge is 0.142 e. The number of nitrogens with two attached hydrogens (primary N) is 1. The maximum absolute atomic E-state index is 6.50. The van der Waals surface area contributed by atoms with Crippen LogP contribution in [0.3, 0.4) is 0 Å². The van der Waals surface area contributed by atoms with E-state index in [2.05, 4.69) is 34.9 Å². The number of benzene rings is 2. The van der Waals surface area contributed by atoms with Gasteiger partial charge in [0.1, 0.15) is 23.3 Å². The molecule has 5 rings (SSSR count). The fourth-order valence-electron chi connectivity index (χ4n) is 4.73. The zero-order valence-electron chi connectivity index (χ0n) is 16.5. The SMILES string of the molecule is CC1=C(N)N[C@@]2(C[C@H]([C@@H]3CCCOC3)Oc3ccc(-c4cccc(Cl)c4)cc32)N1. The van der Waals surface area contributed by atoms with Crippen LogP contribution in [0.25, 0.3) is 11.1 Å². The van der Waals surface area contributed by atoms with Crippen LogP contribution in [0.2, 0.25) is 5.02 Å². The molecule has 0 unspecified atom stereocenters. The molecule has 1 spiro atoms. The molecular weight excluding hydrogens is 386 g/mol. The molecule has 0 bridgehead atoms. The number of hydrogen-bond donors (Lipinski definition) is 3. The molecule has 3 heterocycles. The molecule has 4 N–H and O–H groups in total. The van der Waals surface area contributed by atoms with Crippen molar-refractivity contribution in [3.63, 3.8) is 0 Å². The van der Waals surface area contributed by atoms with Crippen LogP contribution in [0.5, 0.6) is 5.75 Å². The molecule has 0 saturated carbocycles. The Morgan fingerprint density at radius 1 is 1.14 bits per heavy atom. The van der Waals surface area contributed by atoms with E-state index in [1.807, 2.05) is 25.1 Å². The average Bonchev–Trinajstić information content (AvgIpc) is 3.02. The quantitative estimate of drug-likeness (QED) is 0.694. The molecule has 2 aromatic carbocycles. The molecule has 3 aliphatic heterocycles. The van der Waals surface area contributed by atoms with E-state index in [1.165, 1.54) is 0 Å². The Morgan fingerprint density at radius 3 is 2.72 bits per heavy atom. The van der Waals surface area contributed by atoms with Crippen molar-refractivity contribution < 1.29 is 9.47 Å². The van der Waals surface area contributed by atoms with Crippen LogP contribution in [0.1, 0.15) is 31.7 Å². The highest BCUT2D eigenvalue weighted by atomic mass is 35.5. The van der Waals surface area contributed by atoms with Gasteiger partial charge in [0, 0.05) is 29.5 Å². The summed E-state index contributed by atoms with van der Waals surface area (Å²) in [6.07, 6.45) is 3.06. The van der Waals surface area contributed by atoms with E-state index in [-0.39, 0.29) is 6.10 Å². The number of ether oxygens (including phenoxy) is 2. The first-order valence-electron chi connectivity index (χ1n) is 10.2. The second-order valence-electron chi connectivity index (χ2n) is 8.25. The maximum atomic E-state index is 6.50. The maximum Gasteiger partial charge on any atom is 0.142 e. The third-order valence-corrected chi connectivity index (χ3v) is 6.49. The Hall–Kier alpha value is -2.37. The Balaban J connectivity index is 1.56. The Kier molecular flexibility index (Phi) is 4.60. The van der Waals surface area contributed by atoms with Crippen molar-refractivity contribution >= 4 is 11.6 Å². The van der Waals surface area contributed by atoms with Crippen LogP contribution in [0.15, 0.2) is 54.0 Å². The number of allylic oxidation sites excluding steroid dienone is 1. The van der Waals surface area contributed by atoms with Crippen molar-refractivity contribution in [3.05, 3.63) is 64.6 Å². The average molecular weight is 412 g/mol. The summed E-state index contributed by atoms with van der Waals surface area (Å²) in [4.78, 5) is 0. The molecule has 3 atom stereocenters. The fourth-order valence-corrected chi connectivity index (χ4v) is 4.92. The number of hydrogen-bond acceptors (Lipinski definition) is 5. The number of rotatable bonds is 2. The summed E-state index contributed by atoms with van der Waals surface area (Å²) in [5.41, 5.74) is 9.99. The van der Waals surface area contributed by atoms with E-state index >= 15 is 0 Å². The van der Waals surface area contributed by atoms with Crippen molar-refractivity contribution in [1.82, 2.24) is 10.6 Å². The lowest BCUT2D eigenvalue weighted by Gasteiger charge is -2.44. The normalized spacial score (nSPS) is 28.5. The minimum atomic E-state index is -0.474. The van der Waals surface area contributed by atoms with Gasteiger partial charge in [-0.15, -0.1) is 0 Å². The van der Waals surface area contributed by atoms with Crippen molar-refractivity contribution in [1.29, 1.82) is 0 Å². The molecule has 0 amide bonds. The Morgan fingerprint density at radius 2 is 2.00 bits per heavy atom. The van der Waals surface area contributed by atoms with E-state index < -0.39 is 5.66 Å².